The standard InChI is InChI=1S/C15H13ClFN3O2S/c1-7-2-11(13(21)19-7)20-14(22)12-6-18-15(23-12)8-3-9(16)5-10(17)4-8/h3-7,11H,2H2,1H3,(H,19,21)(H,20,22)/t7-,11+/m0/s1. The molecule has 0 aliphatic carbocycles. The summed E-state index contributed by atoms with van der Waals surface area (Å²) >= 11 is 6.94. The molecule has 1 aromatic heterocycles. The summed E-state index contributed by atoms with van der Waals surface area (Å²) in [4.78, 5) is 28.4. The summed E-state index contributed by atoms with van der Waals surface area (Å²) in [6, 6.07) is 3.59. The number of hydrogen-bond acceptors (Lipinski definition) is 4. The minimum atomic E-state index is -0.535. The molecule has 1 fully saturated rings. The SMILES string of the molecule is C[C@H]1C[C@@H](NC(=O)c2cnc(-c3cc(F)cc(Cl)c3)s2)C(=O)N1. The molecule has 1 saturated heterocycles. The molecule has 23 heavy (non-hydrogen) atoms. The molecule has 1 aliphatic heterocycles. The number of aromatic nitrogens is 1. The Labute approximate surface area is 140 Å². The van der Waals surface area contributed by atoms with Gasteiger partial charge in [-0.1, -0.05) is 11.6 Å². The second-order valence-electron chi connectivity index (χ2n) is 5.36. The number of halogens is 2. The van der Waals surface area contributed by atoms with Gasteiger partial charge in [0.05, 0.1) is 6.20 Å². The lowest BCUT2D eigenvalue weighted by Crippen LogP contribution is -2.39. The average molecular weight is 354 g/mol. The Morgan fingerprint density at radius 3 is 2.91 bits per heavy atom. The zero-order valence-electron chi connectivity index (χ0n) is 12.1. The van der Waals surface area contributed by atoms with Crippen LogP contribution in [0.3, 0.4) is 0 Å². The Morgan fingerprint density at radius 1 is 1.48 bits per heavy atom. The smallest absolute Gasteiger partial charge is 0.263 e. The quantitative estimate of drug-likeness (QED) is 0.891. The van der Waals surface area contributed by atoms with Gasteiger partial charge in [-0.05, 0) is 31.5 Å². The van der Waals surface area contributed by atoms with E-state index in [1.54, 1.807) is 6.07 Å². The third-order valence-electron chi connectivity index (χ3n) is 3.44. The van der Waals surface area contributed by atoms with Gasteiger partial charge in [0.1, 0.15) is 21.7 Å². The first kappa shape index (κ1) is 15.9. The van der Waals surface area contributed by atoms with Crippen LogP contribution in [-0.4, -0.2) is 28.9 Å². The molecule has 2 N–H and O–H groups in total. The molecule has 0 radical (unpaired) electrons. The zero-order valence-corrected chi connectivity index (χ0v) is 13.7. The number of carbonyl (C=O) groups excluding carboxylic acids is 2. The van der Waals surface area contributed by atoms with Crippen LogP contribution < -0.4 is 10.6 Å². The van der Waals surface area contributed by atoms with E-state index in [0.29, 0.717) is 21.9 Å². The summed E-state index contributed by atoms with van der Waals surface area (Å²) in [7, 11) is 0. The van der Waals surface area contributed by atoms with Crippen molar-refractivity contribution in [1.82, 2.24) is 15.6 Å². The topological polar surface area (TPSA) is 71.1 Å². The fraction of sp³-hybridized carbons (Fsp3) is 0.267. The van der Waals surface area contributed by atoms with Crippen LogP contribution in [0.25, 0.3) is 10.6 Å². The highest BCUT2D eigenvalue weighted by Gasteiger charge is 2.31. The van der Waals surface area contributed by atoms with Gasteiger partial charge in [-0.25, -0.2) is 9.37 Å². The van der Waals surface area contributed by atoms with Gasteiger partial charge >= 0.3 is 0 Å². The van der Waals surface area contributed by atoms with Gasteiger partial charge in [-0.15, -0.1) is 11.3 Å². The second kappa shape index (κ2) is 6.25. The van der Waals surface area contributed by atoms with Crippen molar-refractivity contribution in [1.29, 1.82) is 0 Å². The largest absolute Gasteiger partial charge is 0.352 e. The number of nitrogens with one attached hydrogen (secondary N) is 2. The summed E-state index contributed by atoms with van der Waals surface area (Å²) in [6.07, 6.45) is 1.96. The predicted octanol–water partition coefficient (Wildman–Crippen LogP) is 2.61. The Morgan fingerprint density at radius 2 is 2.26 bits per heavy atom. The van der Waals surface area contributed by atoms with Crippen LogP contribution in [0.15, 0.2) is 24.4 Å². The van der Waals surface area contributed by atoms with Gasteiger partial charge in [0.25, 0.3) is 5.91 Å². The minimum Gasteiger partial charge on any atom is -0.352 e. The molecule has 0 bridgehead atoms. The van der Waals surface area contributed by atoms with E-state index in [9.17, 15) is 14.0 Å². The number of benzene rings is 1. The van der Waals surface area contributed by atoms with Crippen molar-refractivity contribution >= 4 is 34.8 Å². The molecule has 2 atom stereocenters. The molecule has 0 saturated carbocycles. The molecule has 5 nitrogen and oxygen atoms in total. The van der Waals surface area contributed by atoms with Crippen LogP contribution in [-0.2, 0) is 4.79 Å². The maximum Gasteiger partial charge on any atom is 0.263 e. The van der Waals surface area contributed by atoms with Gasteiger partial charge < -0.3 is 10.6 Å². The molecule has 3 rings (SSSR count). The van der Waals surface area contributed by atoms with Gasteiger partial charge in [-0.3, -0.25) is 9.59 Å². The lowest BCUT2D eigenvalue weighted by molar-refractivity contribution is -0.120. The van der Waals surface area contributed by atoms with E-state index in [0.717, 1.165) is 11.3 Å². The molecule has 1 aliphatic rings. The fourth-order valence-corrected chi connectivity index (χ4v) is 3.43. The molecule has 0 unspecified atom stereocenters. The van der Waals surface area contributed by atoms with Gasteiger partial charge in [0.2, 0.25) is 5.91 Å². The first-order valence-electron chi connectivity index (χ1n) is 6.96. The number of hydrogen-bond donors (Lipinski definition) is 2. The average Bonchev–Trinajstić information content (AvgIpc) is 3.05. The Hall–Kier alpha value is -1.99. The summed E-state index contributed by atoms with van der Waals surface area (Å²) in [6.45, 7) is 1.88. The Bertz CT molecular complexity index is 760. The monoisotopic (exact) mass is 353 g/mol. The van der Waals surface area contributed by atoms with Crippen molar-refractivity contribution in [2.24, 2.45) is 0 Å². The Balaban J connectivity index is 1.76. The lowest BCUT2D eigenvalue weighted by Gasteiger charge is -2.08. The van der Waals surface area contributed by atoms with Crippen LogP contribution in [0.5, 0.6) is 0 Å². The van der Waals surface area contributed by atoms with Crippen LogP contribution in [0.4, 0.5) is 4.39 Å². The van der Waals surface area contributed by atoms with Gasteiger partial charge in [0, 0.05) is 16.6 Å². The van der Waals surface area contributed by atoms with E-state index >= 15 is 0 Å². The molecule has 2 amide bonds. The molecule has 120 valence electrons. The molecule has 8 heteroatoms. The fourth-order valence-electron chi connectivity index (χ4n) is 2.41. The van der Waals surface area contributed by atoms with E-state index in [4.69, 9.17) is 11.6 Å². The van der Waals surface area contributed by atoms with Crippen LogP contribution in [0, 0.1) is 5.82 Å². The predicted molar refractivity (Wildman–Crippen MR) is 86.0 cm³/mol. The minimum absolute atomic E-state index is 0.0410. The maximum absolute atomic E-state index is 13.4. The number of rotatable bonds is 3. The number of nitrogens with zero attached hydrogens (tertiary/aromatic N) is 1. The second-order valence-corrected chi connectivity index (χ2v) is 6.83. The van der Waals surface area contributed by atoms with Crippen molar-refractivity contribution in [3.05, 3.63) is 40.1 Å². The Kier molecular flexibility index (Phi) is 4.32. The zero-order chi connectivity index (χ0) is 16.6. The highest BCUT2D eigenvalue weighted by molar-refractivity contribution is 7.16. The van der Waals surface area contributed by atoms with E-state index in [1.807, 2.05) is 6.92 Å². The van der Waals surface area contributed by atoms with Crippen molar-refractivity contribution < 1.29 is 14.0 Å². The molecule has 1 aromatic carbocycles. The lowest BCUT2D eigenvalue weighted by atomic mass is 10.2. The summed E-state index contributed by atoms with van der Waals surface area (Å²) in [5, 5.41) is 6.18. The first-order chi connectivity index (χ1) is 10.9. The first-order valence-corrected chi connectivity index (χ1v) is 8.15. The van der Waals surface area contributed by atoms with E-state index in [2.05, 4.69) is 15.6 Å². The third kappa shape index (κ3) is 3.51. The number of thiazole rings is 1. The summed E-state index contributed by atoms with van der Waals surface area (Å²) in [5.41, 5.74) is 0.506. The third-order valence-corrected chi connectivity index (χ3v) is 4.70. The van der Waals surface area contributed by atoms with Crippen molar-refractivity contribution in [3.63, 3.8) is 0 Å². The highest BCUT2D eigenvalue weighted by atomic mass is 35.5. The number of amides is 2. The number of carbonyl (C=O) groups is 2. The normalized spacial score (nSPS) is 20.4. The van der Waals surface area contributed by atoms with Gasteiger partial charge in [-0.2, -0.15) is 0 Å². The molecular weight excluding hydrogens is 341 g/mol. The van der Waals surface area contributed by atoms with Crippen molar-refractivity contribution in [3.8, 4) is 10.6 Å². The molecular formula is C15H13ClFN3O2S. The molecule has 2 heterocycles. The van der Waals surface area contributed by atoms with Crippen LogP contribution in [0.2, 0.25) is 5.02 Å². The van der Waals surface area contributed by atoms with E-state index in [1.165, 1.54) is 18.3 Å². The molecule has 0 spiro atoms. The van der Waals surface area contributed by atoms with Crippen molar-refractivity contribution in [2.45, 2.75) is 25.4 Å². The summed E-state index contributed by atoms with van der Waals surface area (Å²) in [5.74, 6) is -1.02. The molecule has 2 aromatic rings. The van der Waals surface area contributed by atoms with Crippen LogP contribution in [0.1, 0.15) is 23.0 Å². The van der Waals surface area contributed by atoms with Crippen molar-refractivity contribution in [2.75, 3.05) is 0 Å². The van der Waals surface area contributed by atoms with E-state index in [-0.39, 0.29) is 22.9 Å². The summed E-state index contributed by atoms with van der Waals surface area (Å²) < 4.78 is 13.4. The van der Waals surface area contributed by atoms with Crippen LogP contribution >= 0.6 is 22.9 Å². The highest BCUT2D eigenvalue weighted by Crippen LogP contribution is 2.28. The maximum atomic E-state index is 13.4. The van der Waals surface area contributed by atoms with Gasteiger partial charge in [0.15, 0.2) is 0 Å². The van der Waals surface area contributed by atoms with E-state index < -0.39 is 11.9 Å².